The predicted molar refractivity (Wildman–Crippen MR) is 94.7 cm³/mol. The molecule has 0 aliphatic carbocycles. The lowest BCUT2D eigenvalue weighted by atomic mass is 10.2. The van der Waals surface area contributed by atoms with Gasteiger partial charge in [-0.15, -0.1) is 0 Å². The van der Waals surface area contributed by atoms with Crippen molar-refractivity contribution < 1.29 is 32.8 Å². The Bertz CT molecular complexity index is 892. The number of alkyl halides is 2. The van der Waals surface area contributed by atoms with Crippen molar-refractivity contribution in [2.24, 2.45) is 0 Å². The summed E-state index contributed by atoms with van der Waals surface area (Å²) in [5.41, 5.74) is 0.00938. The van der Waals surface area contributed by atoms with E-state index in [9.17, 15) is 28.5 Å². The van der Waals surface area contributed by atoms with Gasteiger partial charge in [0.25, 0.3) is 11.6 Å². The average molecular weight is 415 g/mol. The molecule has 28 heavy (non-hydrogen) atoms. The maximum Gasteiger partial charge on any atom is 0.387 e. The molecule has 0 spiro atoms. The van der Waals surface area contributed by atoms with Gasteiger partial charge in [0.2, 0.25) is 0 Å². The Morgan fingerprint density at radius 3 is 2.36 bits per heavy atom. The molecule has 0 radical (unpaired) electrons. The molecule has 0 aromatic heterocycles. The van der Waals surface area contributed by atoms with Gasteiger partial charge in [-0.2, -0.15) is 8.78 Å². The van der Waals surface area contributed by atoms with Gasteiger partial charge in [-0.05, 0) is 37.3 Å². The number of non-ortho nitro benzene ring substituents is 1. The second-order valence-corrected chi connectivity index (χ2v) is 5.77. The molecule has 1 N–H and O–H groups in total. The number of nitrogens with zero attached hydrogens (tertiary/aromatic N) is 1. The molecule has 11 heteroatoms. The third-order valence-electron chi connectivity index (χ3n) is 3.38. The van der Waals surface area contributed by atoms with Crippen molar-refractivity contribution in [2.45, 2.75) is 19.6 Å². The number of esters is 1. The van der Waals surface area contributed by atoms with Crippen LogP contribution >= 0.6 is 11.6 Å². The van der Waals surface area contributed by atoms with Crippen LogP contribution in [0.1, 0.15) is 17.3 Å². The van der Waals surface area contributed by atoms with Gasteiger partial charge in [0.1, 0.15) is 5.75 Å². The summed E-state index contributed by atoms with van der Waals surface area (Å²) in [5, 5.41) is 12.9. The van der Waals surface area contributed by atoms with E-state index in [4.69, 9.17) is 16.3 Å². The van der Waals surface area contributed by atoms with Crippen LogP contribution in [-0.2, 0) is 9.53 Å². The van der Waals surface area contributed by atoms with E-state index in [0.29, 0.717) is 0 Å². The molecule has 1 amide bonds. The van der Waals surface area contributed by atoms with Gasteiger partial charge in [-0.3, -0.25) is 14.9 Å². The summed E-state index contributed by atoms with van der Waals surface area (Å²) in [6.45, 7) is -1.73. The number of halogens is 3. The van der Waals surface area contributed by atoms with Crippen molar-refractivity contribution in [3.8, 4) is 5.75 Å². The van der Waals surface area contributed by atoms with Gasteiger partial charge in [0, 0.05) is 17.8 Å². The fraction of sp³-hybridized carbons (Fsp3) is 0.176. The quantitative estimate of drug-likeness (QED) is 0.416. The largest absolute Gasteiger partial charge is 0.449 e. The second kappa shape index (κ2) is 9.09. The number of carbonyl (C=O) groups is 2. The Kier molecular flexibility index (Phi) is 6.83. The lowest BCUT2D eigenvalue weighted by molar-refractivity contribution is -0.384. The Morgan fingerprint density at radius 1 is 1.18 bits per heavy atom. The standard InChI is InChI=1S/C17H13ClF2N2O6/c1-9(27-16(24)10-2-5-12(6-3-10)22(25)26)15(23)21-11-4-7-14(13(18)8-11)28-17(19)20/h2-9,17H,1H3,(H,21,23). The third-order valence-corrected chi connectivity index (χ3v) is 3.68. The first-order valence-corrected chi connectivity index (χ1v) is 8.06. The molecule has 0 aliphatic rings. The number of anilines is 1. The number of rotatable bonds is 7. The van der Waals surface area contributed by atoms with E-state index in [0.717, 1.165) is 18.2 Å². The van der Waals surface area contributed by atoms with Crippen LogP contribution in [0.5, 0.6) is 5.75 Å². The van der Waals surface area contributed by atoms with Crippen molar-refractivity contribution in [3.05, 3.63) is 63.2 Å². The summed E-state index contributed by atoms with van der Waals surface area (Å²) in [4.78, 5) is 34.1. The smallest absolute Gasteiger partial charge is 0.387 e. The number of nitro benzene ring substituents is 1. The van der Waals surface area contributed by atoms with Crippen LogP contribution in [0, 0.1) is 10.1 Å². The van der Waals surface area contributed by atoms with Crippen LogP contribution < -0.4 is 10.1 Å². The average Bonchev–Trinajstić information content (AvgIpc) is 2.63. The van der Waals surface area contributed by atoms with E-state index in [1.807, 2.05) is 0 Å². The lowest BCUT2D eigenvalue weighted by Crippen LogP contribution is -2.30. The summed E-state index contributed by atoms with van der Waals surface area (Å²) < 4.78 is 33.6. The first-order valence-electron chi connectivity index (χ1n) is 7.68. The highest BCUT2D eigenvalue weighted by Gasteiger charge is 2.20. The number of benzene rings is 2. The summed E-state index contributed by atoms with van der Waals surface area (Å²) >= 11 is 5.79. The van der Waals surface area contributed by atoms with Crippen LogP contribution in [-0.4, -0.2) is 29.5 Å². The van der Waals surface area contributed by atoms with Gasteiger partial charge >= 0.3 is 12.6 Å². The van der Waals surface area contributed by atoms with Crippen molar-refractivity contribution in [1.29, 1.82) is 0 Å². The molecule has 0 fully saturated rings. The molecule has 148 valence electrons. The minimum Gasteiger partial charge on any atom is -0.449 e. The second-order valence-electron chi connectivity index (χ2n) is 5.36. The molecule has 8 nitrogen and oxygen atoms in total. The highest BCUT2D eigenvalue weighted by molar-refractivity contribution is 6.32. The van der Waals surface area contributed by atoms with E-state index in [1.54, 1.807) is 0 Å². The highest BCUT2D eigenvalue weighted by atomic mass is 35.5. The molecule has 0 saturated heterocycles. The molecule has 0 aliphatic heterocycles. The number of hydrogen-bond acceptors (Lipinski definition) is 6. The maximum atomic E-state index is 12.2. The molecular formula is C17H13ClF2N2O6. The van der Waals surface area contributed by atoms with E-state index < -0.39 is 29.5 Å². The Morgan fingerprint density at radius 2 is 1.82 bits per heavy atom. The zero-order chi connectivity index (χ0) is 20.8. The van der Waals surface area contributed by atoms with Crippen LogP contribution in [0.2, 0.25) is 5.02 Å². The fourth-order valence-electron chi connectivity index (χ4n) is 2.02. The number of nitro groups is 1. The highest BCUT2D eigenvalue weighted by Crippen LogP contribution is 2.29. The van der Waals surface area contributed by atoms with E-state index in [-0.39, 0.29) is 27.7 Å². The fourth-order valence-corrected chi connectivity index (χ4v) is 2.24. The number of nitrogens with one attached hydrogen (secondary N) is 1. The van der Waals surface area contributed by atoms with Gasteiger partial charge in [0.15, 0.2) is 6.10 Å². The molecule has 0 heterocycles. The summed E-state index contributed by atoms with van der Waals surface area (Å²) in [7, 11) is 0. The monoisotopic (exact) mass is 414 g/mol. The number of amides is 1. The lowest BCUT2D eigenvalue weighted by Gasteiger charge is -2.14. The van der Waals surface area contributed by atoms with Gasteiger partial charge < -0.3 is 14.8 Å². The Balaban J connectivity index is 1.97. The number of ether oxygens (including phenoxy) is 2. The van der Waals surface area contributed by atoms with Crippen molar-refractivity contribution in [1.82, 2.24) is 0 Å². The van der Waals surface area contributed by atoms with Gasteiger partial charge in [-0.1, -0.05) is 11.6 Å². The predicted octanol–water partition coefficient (Wildman–Crippen LogP) is 4.03. The van der Waals surface area contributed by atoms with Crippen molar-refractivity contribution in [2.75, 3.05) is 5.32 Å². The molecule has 2 rings (SSSR count). The van der Waals surface area contributed by atoms with E-state index >= 15 is 0 Å². The normalized spacial score (nSPS) is 11.6. The van der Waals surface area contributed by atoms with Crippen molar-refractivity contribution >= 4 is 34.9 Å². The first-order chi connectivity index (χ1) is 13.2. The molecule has 0 saturated carbocycles. The van der Waals surface area contributed by atoms with E-state index in [1.165, 1.54) is 31.2 Å². The zero-order valence-corrected chi connectivity index (χ0v) is 15.0. The molecule has 2 aromatic rings. The Labute approximate surface area is 162 Å². The van der Waals surface area contributed by atoms with Gasteiger partial charge in [0.05, 0.1) is 15.5 Å². The van der Waals surface area contributed by atoms with Crippen LogP contribution in [0.3, 0.4) is 0 Å². The van der Waals surface area contributed by atoms with Crippen LogP contribution in [0.15, 0.2) is 42.5 Å². The minimum atomic E-state index is -3.04. The topological polar surface area (TPSA) is 108 Å². The maximum absolute atomic E-state index is 12.2. The van der Waals surface area contributed by atoms with Crippen molar-refractivity contribution in [3.63, 3.8) is 0 Å². The molecule has 2 aromatic carbocycles. The minimum absolute atomic E-state index is 0.0294. The third kappa shape index (κ3) is 5.61. The molecule has 0 bridgehead atoms. The number of carbonyl (C=O) groups excluding carboxylic acids is 2. The SMILES string of the molecule is CC(OC(=O)c1ccc([N+](=O)[O-])cc1)C(=O)Nc1ccc(OC(F)F)c(Cl)c1. The van der Waals surface area contributed by atoms with Gasteiger partial charge in [-0.25, -0.2) is 4.79 Å². The summed E-state index contributed by atoms with van der Waals surface area (Å²) in [6, 6.07) is 8.30. The molecule has 1 unspecified atom stereocenters. The molecule has 1 atom stereocenters. The first kappa shape index (κ1) is 21.0. The number of hydrogen-bond donors (Lipinski definition) is 1. The Hall–Kier alpha value is -3.27. The summed E-state index contributed by atoms with van der Waals surface area (Å²) in [6.07, 6.45) is -1.21. The summed E-state index contributed by atoms with van der Waals surface area (Å²) in [5.74, 6) is -1.81. The van der Waals surface area contributed by atoms with Crippen LogP contribution in [0.4, 0.5) is 20.2 Å². The molecular weight excluding hydrogens is 402 g/mol. The van der Waals surface area contributed by atoms with Crippen LogP contribution in [0.25, 0.3) is 0 Å². The zero-order valence-electron chi connectivity index (χ0n) is 14.2. The van der Waals surface area contributed by atoms with E-state index in [2.05, 4.69) is 10.1 Å².